The number of nitrogens with zero attached hydrogens (tertiary/aromatic N) is 1. The summed E-state index contributed by atoms with van der Waals surface area (Å²) in [5, 5.41) is 3.69. The Labute approximate surface area is 99.2 Å². The minimum absolute atomic E-state index is 0.530. The molecule has 1 heterocycles. The SMILES string of the molecule is CN(C)CCCNC1CSCC(C)(C)C1. The van der Waals surface area contributed by atoms with Crippen molar-refractivity contribution in [2.75, 3.05) is 38.7 Å². The van der Waals surface area contributed by atoms with Gasteiger partial charge in [-0.05, 0) is 51.2 Å². The maximum Gasteiger partial charge on any atom is 0.0163 e. The number of hydrogen-bond donors (Lipinski definition) is 1. The van der Waals surface area contributed by atoms with Crippen LogP contribution in [0.25, 0.3) is 0 Å². The van der Waals surface area contributed by atoms with E-state index in [2.05, 4.69) is 49.9 Å². The lowest BCUT2D eigenvalue weighted by Gasteiger charge is -2.35. The van der Waals surface area contributed by atoms with Crippen LogP contribution in [-0.2, 0) is 0 Å². The van der Waals surface area contributed by atoms with Crippen molar-refractivity contribution in [2.45, 2.75) is 32.7 Å². The molecule has 90 valence electrons. The van der Waals surface area contributed by atoms with E-state index in [1.165, 1.54) is 37.4 Å². The zero-order valence-electron chi connectivity index (χ0n) is 10.7. The van der Waals surface area contributed by atoms with Crippen LogP contribution in [0.5, 0.6) is 0 Å². The fourth-order valence-corrected chi connectivity index (χ4v) is 3.40. The van der Waals surface area contributed by atoms with Crippen LogP contribution in [0.1, 0.15) is 26.7 Å². The molecule has 3 heteroatoms. The third kappa shape index (κ3) is 5.79. The van der Waals surface area contributed by atoms with E-state index in [4.69, 9.17) is 0 Å². The third-order valence-electron chi connectivity index (χ3n) is 2.83. The number of nitrogens with one attached hydrogen (secondary N) is 1. The van der Waals surface area contributed by atoms with E-state index < -0.39 is 0 Å². The predicted molar refractivity (Wildman–Crippen MR) is 70.7 cm³/mol. The molecule has 1 saturated heterocycles. The maximum absolute atomic E-state index is 3.69. The largest absolute Gasteiger partial charge is 0.313 e. The van der Waals surface area contributed by atoms with E-state index in [0.717, 1.165) is 6.04 Å². The van der Waals surface area contributed by atoms with E-state index in [9.17, 15) is 0 Å². The highest BCUT2D eigenvalue weighted by Crippen LogP contribution is 2.33. The van der Waals surface area contributed by atoms with Gasteiger partial charge in [0.25, 0.3) is 0 Å². The summed E-state index contributed by atoms with van der Waals surface area (Å²) in [7, 11) is 4.28. The first kappa shape index (κ1) is 13.3. The molecular weight excluding hydrogens is 204 g/mol. The van der Waals surface area contributed by atoms with E-state index in [1.54, 1.807) is 0 Å². The van der Waals surface area contributed by atoms with E-state index >= 15 is 0 Å². The second kappa shape index (κ2) is 6.12. The summed E-state index contributed by atoms with van der Waals surface area (Å²) < 4.78 is 0. The monoisotopic (exact) mass is 230 g/mol. The smallest absolute Gasteiger partial charge is 0.0163 e. The zero-order chi connectivity index (χ0) is 11.3. The van der Waals surface area contributed by atoms with Crippen LogP contribution in [0.3, 0.4) is 0 Å². The summed E-state index contributed by atoms with van der Waals surface area (Å²) >= 11 is 2.10. The van der Waals surface area contributed by atoms with Crippen molar-refractivity contribution in [3.05, 3.63) is 0 Å². The van der Waals surface area contributed by atoms with Crippen molar-refractivity contribution < 1.29 is 0 Å². The Bertz CT molecular complexity index is 180. The molecule has 0 saturated carbocycles. The first-order valence-corrected chi connectivity index (χ1v) is 7.11. The Morgan fingerprint density at radius 3 is 2.73 bits per heavy atom. The highest BCUT2D eigenvalue weighted by molar-refractivity contribution is 7.99. The topological polar surface area (TPSA) is 15.3 Å². The van der Waals surface area contributed by atoms with Gasteiger partial charge in [-0.3, -0.25) is 0 Å². The number of rotatable bonds is 5. The second-order valence-corrected chi connectivity index (χ2v) is 6.72. The Kier molecular flexibility index (Phi) is 5.44. The summed E-state index contributed by atoms with van der Waals surface area (Å²) in [4.78, 5) is 2.25. The molecule has 1 unspecified atom stereocenters. The van der Waals surface area contributed by atoms with Gasteiger partial charge in [0.05, 0.1) is 0 Å². The van der Waals surface area contributed by atoms with Gasteiger partial charge in [-0.15, -0.1) is 0 Å². The lowest BCUT2D eigenvalue weighted by Crippen LogP contribution is -2.41. The van der Waals surface area contributed by atoms with Gasteiger partial charge in [0.15, 0.2) is 0 Å². The summed E-state index contributed by atoms with van der Waals surface area (Å²) in [5.41, 5.74) is 0.530. The summed E-state index contributed by atoms with van der Waals surface area (Å²) in [5.74, 6) is 2.62. The third-order valence-corrected chi connectivity index (χ3v) is 4.45. The average molecular weight is 230 g/mol. The van der Waals surface area contributed by atoms with Crippen molar-refractivity contribution >= 4 is 11.8 Å². The van der Waals surface area contributed by atoms with Gasteiger partial charge in [0, 0.05) is 11.8 Å². The molecule has 0 radical (unpaired) electrons. The molecule has 1 atom stereocenters. The fraction of sp³-hybridized carbons (Fsp3) is 1.00. The van der Waals surface area contributed by atoms with Gasteiger partial charge < -0.3 is 10.2 Å². The number of hydrogen-bond acceptors (Lipinski definition) is 3. The van der Waals surface area contributed by atoms with Crippen LogP contribution in [0, 0.1) is 5.41 Å². The minimum Gasteiger partial charge on any atom is -0.313 e. The lowest BCUT2D eigenvalue weighted by molar-refractivity contribution is 0.312. The van der Waals surface area contributed by atoms with Crippen molar-refractivity contribution in [3.63, 3.8) is 0 Å². The van der Waals surface area contributed by atoms with Gasteiger partial charge in [-0.2, -0.15) is 11.8 Å². The lowest BCUT2D eigenvalue weighted by atomic mass is 9.88. The molecule has 0 spiro atoms. The first-order valence-electron chi connectivity index (χ1n) is 5.95. The summed E-state index contributed by atoms with van der Waals surface area (Å²) in [6.45, 7) is 7.12. The van der Waals surface area contributed by atoms with Gasteiger partial charge in [0.1, 0.15) is 0 Å². The van der Waals surface area contributed by atoms with Gasteiger partial charge >= 0.3 is 0 Å². The van der Waals surface area contributed by atoms with Crippen LogP contribution in [0.15, 0.2) is 0 Å². The molecule has 1 fully saturated rings. The molecule has 1 aliphatic heterocycles. The van der Waals surface area contributed by atoms with Crippen LogP contribution < -0.4 is 5.32 Å². The normalized spacial score (nSPS) is 25.8. The van der Waals surface area contributed by atoms with E-state index in [-0.39, 0.29) is 0 Å². The Morgan fingerprint density at radius 2 is 2.13 bits per heavy atom. The molecule has 0 aromatic rings. The average Bonchev–Trinajstić information content (AvgIpc) is 2.10. The fourth-order valence-electron chi connectivity index (χ4n) is 2.09. The molecule has 15 heavy (non-hydrogen) atoms. The van der Waals surface area contributed by atoms with Gasteiger partial charge in [0.2, 0.25) is 0 Å². The molecule has 0 aromatic heterocycles. The molecule has 0 bridgehead atoms. The molecule has 1 N–H and O–H groups in total. The van der Waals surface area contributed by atoms with E-state index in [1.807, 2.05) is 0 Å². The molecule has 0 aromatic carbocycles. The highest BCUT2D eigenvalue weighted by Gasteiger charge is 2.27. The Balaban J connectivity index is 2.11. The molecular formula is C12H26N2S. The Morgan fingerprint density at radius 1 is 1.40 bits per heavy atom. The number of thioether (sulfide) groups is 1. The summed E-state index contributed by atoms with van der Waals surface area (Å²) in [6.07, 6.45) is 2.59. The second-order valence-electron chi connectivity index (χ2n) is 5.69. The van der Waals surface area contributed by atoms with Crippen LogP contribution in [0.4, 0.5) is 0 Å². The maximum atomic E-state index is 3.69. The van der Waals surface area contributed by atoms with Crippen molar-refractivity contribution in [1.82, 2.24) is 10.2 Å². The van der Waals surface area contributed by atoms with Crippen LogP contribution in [-0.4, -0.2) is 49.6 Å². The molecule has 0 aliphatic carbocycles. The van der Waals surface area contributed by atoms with Crippen LogP contribution >= 0.6 is 11.8 Å². The van der Waals surface area contributed by atoms with Crippen molar-refractivity contribution in [3.8, 4) is 0 Å². The minimum atomic E-state index is 0.530. The molecule has 0 amide bonds. The van der Waals surface area contributed by atoms with Crippen LogP contribution in [0.2, 0.25) is 0 Å². The van der Waals surface area contributed by atoms with Crippen molar-refractivity contribution in [1.29, 1.82) is 0 Å². The zero-order valence-corrected chi connectivity index (χ0v) is 11.5. The molecule has 2 nitrogen and oxygen atoms in total. The predicted octanol–water partition coefficient (Wildman–Crippen LogP) is 2.06. The van der Waals surface area contributed by atoms with Crippen molar-refractivity contribution in [2.24, 2.45) is 5.41 Å². The Hall–Kier alpha value is 0.270. The standard InChI is InChI=1S/C12H26N2S/c1-12(2)8-11(9-15-10-12)13-6-5-7-14(3)4/h11,13H,5-10H2,1-4H3. The quantitative estimate of drug-likeness (QED) is 0.728. The molecule has 1 aliphatic rings. The van der Waals surface area contributed by atoms with Gasteiger partial charge in [-0.25, -0.2) is 0 Å². The molecule has 1 rings (SSSR count). The summed E-state index contributed by atoms with van der Waals surface area (Å²) in [6, 6.07) is 0.737. The highest BCUT2D eigenvalue weighted by atomic mass is 32.2. The first-order chi connectivity index (χ1) is 6.99. The van der Waals surface area contributed by atoms with E-state index in [0.29, 0.717) is 5.41 Å². The van der Waals surface area contributed by atoms with Gasteiger partial charge in [-0.1, -0.05) is 13.8 Å².